The highest BCUT2D eigenvalue weighted by atomic mass is 32.2. The van der Waals surface area contributed by atoms with Crippen molar-refractivity contribution in [1.29, 1.82) is 0 Å². The Morgan fingerprint density at radius 2 is 1.87 bits per heavy atom. The fourth-order valence-corrected chi connectivity index (χ4v) is 4.01. The third-order valence-corrected chi connectivity index (χ3v) is 5.62. The molecular formula is C21H20F3N3O2S. The first kappa shape index (κ1) is 21.9. The first-order valence-corrected chi connectivity index (χ1v) is 10.1. The molecule has 9 heteroatoms. The molecule has 1 aromatic carbocycles. The fraction of sp³-hybridized carbons (Fsp3) is 0.286. The van der Waals surface area contributed by atoms with Crippen LogP contribution in [-0.4, -0.2) is 28.0 Å². The lowest BCUT2D eigenvalue weighted by atomic mass is 10.1. The van der Waals surface area contributed by atoms with E-state index in [2.05, 4.69) is 10.1 Å². The lowest BCUT2D eigenvalue weighted by Crippen LogP contribution is -2.27. The van der Waals surface area contributed by atoms with Gasteiger partial charge in [-0.1, -0.05) is 17.3 Å². The summed E-state index contributed by atoms with van der Waals surface area (Å²) in [6, 6.07) is 8.16. The van der Waals surface area contributed by atoms with Gasteiger partial charge in [-0.25, -0.2) is 4.98 Å². The normalized spacial score (nSPS) is 11.5. The van der Waals surface area contributed by atoms with Crippen LogP contribution >= 0.6 is 11.8 Å². The van der Waals surface area contributed by atoms with Crippen molar-refractivity contribution < 1.29 is 22.5 Å². The van der Waals surface area contributed by atoms with Crippen LogP contribution in [0, 0.1) is 13.8 Å². The number of halogens is 3. The fourth-order valence-electron chi connectivity index (χ4n) is 2.87. The number of aromatic nitrogens is 2. The monoisotopic (exact) mass is 435 g/mol. The summed E-state index contributed by atoms with van der Waals surface area (Å²) < 4.78 is 43.3. The number of carbonyl (C=O) groups is 1. The summed E-state index contributed by atoms with van der Waals surface area (Å²) in [5.74, 6) is 1.02. The van der Waals surface area contributed by atoms with Gasteiger partial charge in [-0.15, -0.1) is 11.8 Å². The Morgan fingerprint density at radius 3 is 2.47 bits per heavy atom. The van der Waals surface area contributed by atoms with E-state index in [1.165, 1.54) is 28.8 Å². The molecule has 0 saturated heterocycles. The summed E-state index contributed by atoms with van der Waals surface area (Å²) in [4.78, 5) is 18.7. The van der Waals surface area contributed by atoms with E-state index in [1.54, 1.807) is 25.4 Å². The molecule has 0 atom stereocenters. The summed E-state index contributed by atoms with van der Waals surface area (Å²) in [6.07, 6.45) is -2.77. The number of carbonyl (C=O) groups excluding carboxylic acids is 1. The summed E-state index contributed by atoms with van der Waals surface area (Å²) in [7, 11) is 1.61. The molecule has 30 heavy (non-hydrogen) atoms. The van der Waals surface area contributed by atoms with Crippen LogP contribution in [0.3, 0.4) is 0 Å². The molecule has 0 bridgehead atoms. The Bertz CT molecular complexity index is 1010. The molecule has 0 aliphatic rings. The molecule has 0 radical (unpaired) electrons. The number of alkyl halides is 3. The van der Waals surface area contributed by atoms with E-state index in [1.807, 2.05) is 13.8 Å². The van der Waals surface area contributed by atoms with Crippen LogP contribution in [0.5, 0.6) is 0 Å². The van der Waals surface area contributed by atoms with Crippen LogP contribution in [-0.2, 0) is 18.5 Å². The van der Waals surface area contributed by atoms with Gasteiger partial charge < -0.3 is 9.42 Å². The van der Waals surface area contributed by atoms with Gasteiger partial charge in [-0.05, 0) is 43.7 Å². The molecule has 2 heterocycles. The molecule has 2 aromatic heterocycles. The van der Waals surface area contributed by atoms with E-state index >= 15 is 0 Å². The van der Waals surface area contributed by atoms with Gasteiger partial charge in [0.15, 0.2) is 0 Å². The highest BCUT2D eigenvalue weighted by Crippen LogP contribution is 2.30. The first-order chi connectivity index (χ1) is 14.2. The Labute approximate surface area is 176 Å². The van der Waals surface area contributed by atoms with Crippen molar-refractivity contribution in [3.63, 3.8) is 0 Å². The predicted molar refractivity (Wildman–Crippen MR) is 107 cm³/mol. The number of amides is 1. The average molecular weight is 435 g/mol. The number of aryl methyl sites for hydroxylation is 2. The topological polar surface area (TPSA) is 59.2 Å². The minimum absolute atomic E-state index is 0.180. The van der Waals surface area contributed by atoms with Gasteiger partial charge in [0.05, 0.1) is 16.8 Å². The average Bonchev–Trinajstić information content (AvgIpc) is 3.03. The molecule has 0 fully saturated rings. The number of thioether (sulfide) groups is 1. The second-order valence-corrected chi connectivity index (χ2v) is 7.77. The maximum atomic E-state index is 13.0. The highest BCUT2D eigenvalue weighted by Gasteiger charge is 2.30. The van der Waals surface area contributed by atoms with Gasteiger partial charge in [0, 0.05) is 31.1 Å². The zero-order chi connectivity index (χ0) is 21.9. The van der Waals surface area contributed by atoms with Crippen molar-refractivity contribution >= 4 is 17.7 Å². The van der Waals surface area contributed by atoms with Crippen molar-refractivity contribution in [2.75, 3.05) is 7.05 Å². The second kappa shape index (κ2) is 8.91. The summed E-state index contributed by atoms with van der Waals surface area (Å²) in [5, 5.41) is 4.50. The molecule has 3 aromatic rings. The van der Waals surface area contributed by atoms with Crippen molar-refractivity contribution in [2.45, 2.75) is 37.3 Å². The van der Waals surface area contributed by atoms with Crippen molar-refractivity contribution in [3.8, 4) is 0 Å². The third-order valence-electron chi connectivity index (χ3n) is 4.58. The minimum atomic E-state index is -4.39. The third kappa shape index (κ3) is 5.02. The van der Waals surface area contributed by atoms with E-state index in [4.69, 9.17) is 4.52 Å². The predicted octanol–water partition coefficient (Wildman–Crippen LogP) is 5.27. The molecule has 0 saturated carbocycles. The quantitative estimate of drug-likeness (QED) is 0.494. The van der Waals surface area contributed by atoms with Gasteiger partial charge in [-0.3, -0.25) is 4.79 Å². The number of hydrogen-bond acceptors (Lipinski definition) is 5. The highest BCUT2D eigenvalue weighted by molar-refractivity contribution is 7.98. The van der Waals surface area contributed by atoms with Gasteiger partial charge in [-0.2, -0.15) is 13.2 Å². The number of nitrogens with zero attached hydrogens (tertiary/aromatic N) is 3. The molecule has 0 aliphatic carbocycles. The van der Waals surface area contributed by atoms with Gasteiger partial charge in [0.2, 0.25) is 0 Å². The molecule has 0 spiro atoms. The van der Waals surface area contributed by atoms with E-state index in [9.17, 15) is 18.0 Å². The van der Waals surface area contributed by atoms with Gasteiger partial charge in [0.1, 0.15) is 10.8 Å². The maximum absolute atomic E-state index is 13.0. The SMILES string of the molecule is Cc1noc(C)c1CSc1ncccc1C(=O)N(C)Cc1ccc(C(F)(F)F)cc1. The van der Waals surface area contributed by atoms with E-state index in [-0.39, 0.29) is 12.5 Å². The molecule has 0 aliphatic heterocycles. The molecule has 3 rings (SSSR count). The summed E-state index contributed by atoms with van der Waals surface area (Å²) in [5.41, 5.74) is 2.08. The molecule has 1 amide bonds. The zero-order valence-electron chi connectivity index (χ0n) is 16.7. The van der Waals surface area contributed by atoms with Crippen LogP contribution < -0.4 is 0 Å². The van der Waals surface area contributed by atoms with Crippen molar-refractivity contribution in [3.05, 3.63) is 76.3 Å². The Balaban J connectivity index is 1.71. The van der Waals surface area contributed by atoms with E-state index in [0.717, 1.165) is 29.2 Å². The summed E-state index contributed by atoms with van der Waals surface area (Å²) in [6.45, 7) is 3.87. The van der Waals surface area contributed by atoms with Crippen LogP contribution in [0.4, 0.5) is 13.2 Å². The van der Waals surface area contributed by atoms with E-state index in [0.29, 0.717) is 21.9 Å². The molecule has 0 N–H and O–H groups in total. The summed E-state index contributed by atoms with van der Waals surface area (Å²) >= 11 is 1.41. The molecule has 158 valence electrons. The Hall–Kier alpha value is -2.81. The van der Waals surface area contributed by atoms with Crippen LogP contribution in [0.1, 0.15) is 38.5 Å². The van der Waals surface area contributed by atoms with Crippen LogP contribution in [0.2, 0.25) is 0 Å². The van der Waals surface area contributed by atoms with Gasteiger partial charge in [0.25, 0.3) is 5.91 Å². The number of hydrogen-bond donors (Lipinski definition) is 0. The van der Waals surface area contributed by atoms with Crippen LogP contribution in [0.25, 0.3) is 0 Å². The van der Waals surface area contributed by atoms with Crippen LogP contribution in [0.15, 0.2) is 52.1 Å². The molecular weight excluding hydrogens is 415 g/mol. The minimum Gasteiger partial charge on any atom is -0.361 e. The zero-order valence-corrected chi connectivity index (χ0v) is 17.5. The largest absolute Gasteiger partial charge is 0.416 e. The smallest absolute Gasteiger partial charge is 0.361 e. The molecule has 0 unspecified atom stereocenters. The standard InChI is InChI=1S/C21H20F3N3O2S/c1-13-18(14(2)29-26-13)12-30-19-17(5-4-10-25-19)20(28)27(3)11-15-6-8-16(9-7-15)21(22,23)24/h4-10H,11-12H2,1-3H3. The van der Waals surface area contributed by atoms with Gasteiger partial charge >= 0.3 is 6.18 Å². The lowest BCUT2D eigenvalue weighted by Gasteiger charge is -2.19. The lowest BCUT2D eigenvalue weighted by molar-refractivity contribution is -0.137. The maximum Gasteiger partial charge on any atom is 0.416 e. The second-order valence-electron chi connectivity index (χ2n) is 6.80. The van der Waals surface area contributed by atoms with Crippen molar-refractivity contribution in [1.82, 2.24) is 15.0 Å². The van der Waals surface area contributed by atoms with E-state index < -0.39 is 11.7 Å². The number of benzene rings is 1. The molecule has 5 nitrogen and oxygen atoms in total. The Kier molecular flexibility index (Phi) is 6.50. The number of pyridine rings is 1. The first-order valence-electron chi connectivity index (χ1n) is 9.08. The Morgan fingerprint density at radius 1 is 1.17 bits per heavy atom. The number of rotatable bonds is 6. The van der Waals surface area contributed by atoms with Crippen molar-refractivity contribution in [2.24, 2.45) is 0 Å².